The Labute approximate surface area is 166 Å². The fourth-order valence-electron chi connectivity index (χ4n) is 2.50. The summed E-state index contributed by atoms with van der Waals surface area (Å²) in [5.41, 5.74) is 0.910. The molecule has 0 aliphatic heterocycles. The summed E-state index contributed by atoms with van der Waals surface area (Å²) in [6.07, 6.45) is 1.65. The monoisotopic (exact) mass is 394 g/mol. The van der Waals surface area contributed by atoms with Crippen LogP contribution in [0.15, 0.2) is 82.8 Å². The zero-order valence-electron chi connectivity index (χ0n) is 14.9. The lowest BCUT2D eigenvalue weighted by Gasteiger charge is -2.10. The molecule has 142 valence electrons. The van der Waals surface area contributed by atoms with Gasteiger partial charge in [0.05, 0.1) is 10.5 Å². The van der Waals surface area contributed by atoms with E-state index in [0.717, 1.165) is 4.90 Å². The fraction of sp³-hybridized carbons (Fsp3) is 0.100. The molecule has 2 aromatic carbocycles. The number of carbonyl (C=O) groups is 1. The van der Waals surface area contributed by atoms with Gasteiger partial charge in [-0.3, -0.25) is 14.9 Å². The fourth-order valence-corrected chi connectivity index (χ4v) is 3.40. The summed E-state index contributed by atoms with van der Waals surface area (Å²) >= 11 is 1.42. The first kappa shape index (κ1) is 19.4. The third-order valence-corrected chi connectivity index (χ3v) is 4.83. The van der Waals surface area contributed by atoms with Gasteiger partial charge >= 0.3 is 0 Å². The van der Waals surface area contributed by atoms with Crippen LogP contribution in [0, 0.1) is 10.1 Å². The highest BCUT2D eigenvalue weighted by Crippen LogP contribution is 2.28. The van der Waals surface area contributed by atoms with Gasteiger partial charge in [0.2, 0.25) is 0 Å². The van der Waals surface area contributed by atoms with Crippen molar-refractivity contribution in [2.45, 2.75) is 9.92 Å². The van der Waals surface area contributed by atoms with Gasteiger partial charge in [-0.25, -0.2) is 4.98 Å². The Kier molecular flexibility index (Phi) is 6.59. The van der Waals surface area contributed by atoms with Gasteiger partial charge in [0, 0.05) is 30.2 Å². The van der Waals surface area contributed by atoms with E-state index in [-0.39, 0.29) is 11.6 Å². The van der Waals surface area contributed by atoms with E-state index in [1.54, 1.807) is 36.5 Å². The molecule has 1 heterocycles. The average molecular weight is 394 g/mol. The second-order valence-corrected chi connectivity index (χ2v) is 6.79. The Morgan fingerprint density at radius 2 is 1.75 bits per heavy atom. The van der Waals surface area contributed by atoms with E-state index in [1.165, 1.54) is 17.8 Å². The first-order valence-electron chi connectivity index (χ1n) is 8.58. The summed E-state index contributed by atoms with van der Waals surface area (Å²) in [5, 5.41) is 17.4. The van der Waals surface area contributed by atoms with Gasteiger partial charge in [-0.1, -0.05) is 42.1 Å². The number of nitro benzene ring substituents is 1. The molecule has 1 amide bonds. The molecular formula is C20H18N4O3S. The molecule has 0 saturated carbocycles. The lowest BCUT2D eigenvalue weighted by molar-refractivity contribution is -0.384. The Morgan fingerprint density at radius 3 is 2.54 bits per heavy atom. The molecule has 7 nitrogen and oxygen atoms in total. The van der Waals surface area contributed by atoms with Gasteiger partial charge in [0.15, 0.2) is 0 Å². The number of carbonyl (C=O) groups excluding carboxylic acids is 1. The van der Waals surface area contributed by atoms with Crippen LogP contribution in [0.1, 0.15) is 10.4 Å². The predicted molar refractivity (Wildman–Crippen MR) is 109 cm³/mol. The Morgan fingerprint density at radius 1 is 1.00 bits per heavy atom. The first-order chi connectivity index (χ1) is 13.6. The minimum absolute atomic E-state index is 0.00244. The second kappa shape index (κ2) is 9.52. The second-order valence-electron chi connectivity index (χ2n) is 5.73. The lowest BCUT2D eigenvalue weighted by atomic mass is 10.2. The molecule has 0 spiro atoms. The normalized spacial score (nSPS) is 10.3. The molecule has 8 heteroatoms. The third kappa shape index (κ3) is 5.08. The molecule has 3 aromatic rings. The smallest absolute Gasteiger partial charge is 0.292 e. The standard InChI is InChI=1S/C20H18N4O3S/c25-19(22-14-13-21-17-10-4-5-11-18(17)24(26)27)16-9-6-12-23-20(16)28-15-7-2-1-3-8-15/h1-12,21H,13-14H2,(H,22,25). The average Bonchev–Trinajstić information content (AvgIpc) is 2.72. The van der Waals surface area contributed by atoms with Crippen LogP contribution in [0.4, 0.5) is 11.4 Å². The minimum atomic E-state index is -0.441. The Hall–Kier alpha value is -3.39. The first-order valence-corrected chi connectivity index (χ1v) is 9.40. The van der Waals surface area contributed by atoms with E-state index >= 15 is 0 Å². The number of pyridine rings is 1. The number of benzene rings is 2. The van der Waals surface area contributed by atoms with Crippen molar-refractivity contribution in [2.75, 3.05) is 18.4 Å². The number of nitrogens with zero attached hydrogens (tertiary/aromatic N) is 2. The molecule has 0 saturated heterocycles. The summed E-state index contributed by atoms with van der Waals surface area (Å²) in [6.45, 7) is 0.674. The summed E-state index contributed by atoms with van der Waals surface area (Å²) in [7, 11) is 0. The number of aromatic nitrogens is 1. The van der Waals surface area contributed by atoms with Gasteiger partial charge in [-0.15, -0.1) is 0 Å². The summed E-state index contributed by atoms with van der Waals surface area (Å²) in [6, 6.07) is 19.5. The molecule has 0 aliphatic carbocycles. The van der Waals surface area contributed by atoms with Crippen LogP contribution < -0.4 is 10.6 Å². The van der Waals surface area contributed by atoms with Gasteiger partial charge in [-0.05, 0) is 30.3 Å². The molecule has 28 heavy (non-hydrogen) atoms. The zero-order chi connectivity index (χ0) is 19.8. The summed E-state index contributed by atoms with van der Waals surface area (Å²) < 4.78 is 0. The van der Waals surface area contributed by atoms with E-state index in [1.807, 2.05) is 30.3 Å². The van der Waals surface area contributed by atoms with Gasteiger partial charge in [-0.2, -0.15) is 0 Å². The number of hydrogen-bond donors (Lipinski definition) is 2. The molecule has 0 aliphatic rings. The van der Waals surface area contributed by atoms with Crippen molar-refractivity contribution in [3.63, 3.8) is 0 Å². The molecule has 0 atom stereocenters. The van der Waals surface area contributed by atoms with Crippen molar-refractivity contribution in [1.29, 1.82) is 0 Å². The van der Waals surface area contributed by atoms with E-state index in [9.17, 15) is 14.9 Å². The highest BCUT2D eigenvalue weighted by atomic mass is 32.2. The van der Waals surface area contributed by atoms with E-state index in [4.69, 9.17) is 0 Å². The van der Waals surface area contributed by atoms with E-state index in [2.05, 4.69) is 15.6 Å². The number of hydrogen-bond acceptors (Lipinski definition) is 6. The van der Waals surface area contributed by atoms with Crippen molar-refractivity contribution in [2.24, 2.45) is 0 Å². The van der Waals surface area contributed by atoms with Crippen molar-refractivity contribution in [3.05, 3.63) is 88.6 Å². The van der Waals surface area contributed by atoms with Crippen LogP contribution in [0.25, 0.3) is 0 Å². The third-order valence-electron chi connectivity index (χ3n) is 3.80. The molecular weight excluding hydrogens is 376 g/mol. The molecule has 1 aromatic heterocycles. The van der Waals surface area contributed by atoms with Gasteiger partial charge in [0.1, 0.15) is 10.7 Å². The maximum atomic E-state index is 12.5. The molecule has 2 N–H and O–H groups in total. The van der Waals surface area contributed by atoms with E-state index < -0.39 is 4.92 Å². The SMILES string of the molecule is O=C(NCCNc1ccccc1[N+](=O)[O-])c1cccnc1Sc1ccccc1. The molecule has 0 bridgehead atoms. The number of rotatable bonds is 8. The Balaban J connectivity index is 1.58. The number of nitrogens with one attached hydrogen (secondary N) is 2. The zero-order valence-corrected chi connectivity index (χ0v) is 15.7. The lowest BCUT2D eigenvalue weighted by Crippen LogP contribution is -2.29. The molecule has 3 rings (SSSR count). The number of para-hydroxylation sites is 2. The molecule has 0 unspecified atom stereocenters. The predicted octanol–water partition coefficient (Wildman–Crippen LogP) is 3.98. The quantitative estimate of drug-likeness (QED) is 0.341. The number of amides is 1. The summed E-state index contributed by atoms with van der Waals surface area (Å²) in [4.78, 5) is 28.4. The van der Waals surface area contributed by atoms with Gasteiger partial charge < -0.3 is 10.6 Å². The van der Waals surface area contributed by atoms with Crippen LogP contribution in [-0.4, -0.2) is 28.9 Å². The van der Waals surface area contributed by atoms with Crippen molar-refractivity contribution >= 4 is 29.0 Å². The topological polar surface area (TPSA) is 97.2 Å². The van der Waals surface area contributed by atoms with Crippen molar-refractivity contribution in [1.82, 2.24) is 10.3 Å². The number of nitro groups is 1. The van der Waals surface area contributed by atoms with Crippen LogP contribution in [-0.2, 0) is 0 Å². The van der Waals surface area contributed by atoms with Crippen LogP contribution in [0.5, 0.6) is 0 Å². The van der Waals surface area contributed by atoms with Gasteiger partial charge in [0.25, 0.3) is 11.6 Å². The van der Waals surface area contributed by atoms with Crippen LogP contribution in [0.2, 0.25) is 0 Å². The number of anilines is 1. The van der Waals surface area contributed by atoms with Crippen LogP contribution in [0.3, 0.4) is 0 Å². The molecule has 0 radical (unpaired) electrons. The highest BCUT2D eigenvalue weighted by Gasteiger charge is 2.14. The van der Waals surface area contributed by atoms with Crippen molar-refractivity contribution < 1.29 is 9.72 Å². The summed E-state index contributed by atoms with van der Waals surface area (Å²) in [5.74, 6) is -0.240. The van der Waals surface area contributed by atoms with Crippen LogP contribution >= 0.6 is 11.8 Å². The molecule has 0 fully saturated rings. The largest absolute Gasteiger partial charge is 0.378 e. The van der Waals surface area contributed by atoms with Crippen molar-refractivity contribution in [3.8, 4) is 0 Å². The maximum Gasteiger partial charge on any atom is 0.292 e. The van der Waals surface area contributed by atoms with E-state index in [0.29, 0.717) is 29.4 Å². The Bertz CT molecular complexity index is 966. The highest BCUT2D eigenvalue weighted by molar-refractivity contribution is 7.99. The maximum absolute atomic E-state index is 12.5. The minimum Gasteiger partial charge on any atom is -0.378 e.